The summed E-state index contributed by atoms with van der Waals surface area (Å²) >= 11 is 2.97. The number of methoxy groups -OCH3 is 2. The van der Waals surface area contributed by atoms with Gasteiger partial charge in [-0.2, -0.15) is 0 Å². The van der Waals surface area contributed by atoms with Gasteiger partial charge < -0.3 is 29.4 Å². The number of aromatic nitrogens is 1. The highest BCUT2D eigenvalue weighted by atomic mass is 79.9. The fourth-order valence-corrected chi connectivity index (χ4v) is 3.40. The first-order chi connectivity index (χ1) is 16.9. The third-order valence-electron chi connectivity index (χ3n) is 4.96. The van der Waals surface area contributed by atoms with Gasteiger partial charge in [0.1, 0.15) is 23.1 Å². The molecule has 1 amide bonds. The molecule has 1 heterocycles. The lowest BCUT2D eigenvalue weighted by molar-refractivity contribution is 0.0877. The SMILES string of the molecule is COc1ccc(COCCOc2ccc(C(=O)NCC(O)c3ccc(F)c(Br)n3)cc2OC)cc1. The third kappa shape index (κ3) is 7.64. The van der Waals surface area contributed by atoms with Gasteiger partial charge in [0.2, 0.25) is 0 Å². The molecule has 0 saturated carbocycles. The molecule has 0 bridgehead atoms. The van der Waals surface area contributed by atoms with Gasteiger partial charge in [-0.1, -0.05) is 12.1 Å². The van der Waals surface area contributed by atoms with Gasteiger partial charge in [-0.3, -0.25) is 4.79 Å². The molecular weight excluding hydrogens is 523 g/mol. The first kappa shape index (κ1) is 26.4. The number of hydrogen-bond donors (Lipinski definition) is 2. The Kier molecular flexibility index (Phi) is 9.83. The Hall–Kier alpha value is -3.21. The van der Waals surface area contributed by atoms with Crippen molar-refractivity contribution in [2.75, 3.05) is 34.0 Å². The molecule has 8 nitrogen and oxygen atoms in total. The van der Waals surface area contributed by atoms with Gasteiger partial charge in [-0.05, 0) is 64.0 Å². The highest BCUT2D eigenvalue weighted by Gasteiger charge is 2.15. The molecule has 3 aromatic rings. The predicted octanol–water partition coefficient (Wildman–Crippen LogP) is 4.06. The van der Waals surface area contributed by atoms with E-state index in [1.807, 2.05) is 24.3 Å². The average molecular weight is 549 g/mol. The summed E-state index contributed by atoms with van der Waals surface area (Å²) in [4.78, 5) is 16.4. The number of pyridine rings is 1. The molecule has 3 rings (SSSR count). The van der Waals surface area contributed by atoms with Gasteiger partial charge in [0.05, 0.1) is 33.1 Å². The van der Waals surface area contributed by atoms with Crippen molar-refractivity contribution in [3.63, 3.8) is 0 Å². The quantitative estimate of drug-likeness (QED) is 0.260. The average Bonchev–Trinajstić information content (AvgIpc) is 2.88. The van der Waals surface area contributed by atoms with Gasteiger partial charge in [0.25, 0.3) is 5.91 Å². The zero-order chi connectivity index (χ0) is 25.2. The minimum absolute atomic E-state index is 0.00756. The van der Waals surface area contributed by atoms with Crippen LogP contribution in [0.3, 0.4) is 0 Å². The van der Waals surface area contributed by atoms with Gasteiger partial charge in [0, 0.05) is 12.1 Å². The second-order valence-corrected chi connectivity index (χ2v) is 8.10. The maximum absolute atomic E-state index is 13.3. The molecule has 0 aliphatic heterocycles. The van der Waals surface area contributed by atoms with Crippen molar-refractivity contribution < 1.29 is 33.2 Å². The molecule has 0 saturated heterocycles. The zero-order valence-corrected chi connectivity index (χ0v) is 20.9. The Balaban J connectivity index is 1.47. The van der Waals surface area contributed by atoms with Crippen LogP contribution in [0, 0.1) is 5.82 Å². The van der Waals surface area contributed by atoms with Crippen LogP contribution in [0.4, 0.5) is 4.39 Å². The summed E-state index contributed by atoms with van der Waals surface area (Å²) in [7, 11) is 3.10. The van der Waals surface area contributed by atoms with Crippen molar-refractivity contribution in [3.8, 4) is 17.2 Å². The monoisotopic (exact) mass is 548 g/mol. The van der Waals surface area contributed by atoms with Crippen molar-refractivity contribution in [1.82, 2.24) is 10.3 Å². The topological polar surface area (TPSA) is 99.1 Å². The molecular formula is C25H26BrFN2O6. The van der Waals surface area contributed by atoms with Crippen molar-refractivity contribution in [2.24, 2.45) is 0 Å². The molecule has 0 aliphatic rings. The molecule has 0 aliphatic carbocycles. The lowest BCUT2D eigenvalue weighted by atomic mass is 10.1. The summed E-state index contributed by atoms with van der Waals surface area (Å²) in [5.41, 5.74) is 1.58. The number of nitrogens with one attached hydrogen (secondary N) is 1. The summed E-state index contributed by atoms with van der Waals surface area (Å²) in [6, 6.07) is 14.9. The van der Waals surface area contributed by atoms with Crippen molar-refractivity contribution in [1.29, 1.82) is 0 Å². The van der Waals surface area contributed by atoms with Crippen LogP contribution in [0.2, 0.25) is 0 Å². The Bertz CT molecular complexity index is 1130. The highest BCUT2D eigenvalue weighted by molar-refractivity contribution is 9.10. The number of benzene rings is 2. The van der Waals surface area contributed by atoms with Gasteiger partial charge in [-0.15, -0.1) is 0 Å². The number of nitrogens with zero attached hydrogens (tertiary/aromatic N) is 1. The van der Waals surface area contributed by atoms with Gasteiger partial charge in [-0.25, -0.2) is 9.37 Å². The van der Waals surface area contributed by atoms with Crippen LogP contribution in [0.1, 0.15) is 27.7 Å². The first-order valence-corrected chi connectivity index (χ1v) is 11.5. The molecule has 1 unspecified atom stereocenters. The standard InChI is InChI=1S/C25H26BrFN2O6/c1-32-18-6-3-16(4-7-18)15-34-11-12-35-22-10-5-17(13-23(22)33-2)25(31)28-14-21(30)20-9-8-19(27)24(26)29-20/h3-10,13,21,30H,11-12,14-15H2,1-2H3,(H,28,31). The van der Waals surface area contributed by atoms with E-state index in [1.165, 1.54) is 19.2 Å². The Morgan fingerprint density at radius 2 is 1.83 bits per heavy atom. The number of hydrogen-bond acceptors (Lipinski definition) is 7. The van der Waals surface area contributed by atoms with E-state index in [-0.39, 0.29) is 16.8 Å². The van der Waals surface area contributed by atoms with E-state index in [9.17, 15) is 14.3 Å². The molecule has 0 radical (unpaired) electrons. The van der Waals surface area contributed by atoms with Crippen molar-refractivity contribution >= 4 is 21.8 Å². The number of aliphatic hydroxyl groups is 1. The predicted molar refractivity (Wildman–Crippen MR) is 130 cm³/mol. The molecule has 1 atom stereocenters. The molecule has 186 valence electrons. The Morgan fingerprint density at radius 3 is 2.51 bits per heavy atom. The van der Waals surface area contributed by atoms with Gasteiger partial charge >= 0.3 is 0 Å². The van der Waals surface area contributed by atoms with E-state index in [0.29, 0.717) is 36.9 Å². The second-order valence-electron chi connectivity index (χ2n) is 7.35. The number of ether oxygens (including phenoxy) is 4. The molecule has 0 spiro atoms. The van der Waals surface area contributed by atoms with Crippen LogP contribution in [-0.4, -0.2) is 50.0 Å². The largest absolute Gasteiger partial charge is 0.497 e. The number of halogens is 2. The van der Waals surface area contributed by atoms with Crippen molar-refractivity contribution in [3.05, 3.63) is 81.8 Å². The van der Waals surface area contributed by atoms with Crippen molar-refractivity contribution in [2.45, 2.75) is 12.7 Å². The lowest BCUT2D eigenvalue weighted by Gasteiger charge is -2.14. The van der Waals surface area contributed by atoms with E-state index in [2.05, 4.69) is 26.2 Å². The highest BCUT2D eigenvalue weighted by Crippen LogP contribution is 2.28. The van der Waals surface area contributed by atoms with E-state index < -0.39 is 17.8 Å². The molecule has 0 fully saturated rings. The number of amides is 1. The normalized spacial score (nSPS) is 11.6. The van der Waals surface area contributed by atoms with Crippen LogP contribution >= 0.6 is 15.9 Å². The molecule has 2 N–H and O–H groups in total. The maximum Gasteiger partial charge on any atom is 0.251 e. The first-order valence-electron chi connectivity index (χ1n) is 10.7. The van der Waals surface area contributed by atoms with E-state index >= 15 is 0 Å². The van der Waals surface area contributed by atoms with Gasteiger partial charge in [0.15, 0.2) is 17.3 Å². The van der Waals surface area contributed by atoms with E-state index in [1.54, 1.807) is 25.3 Å². The number of aliphatic hydroxyl groups excluding tert-OH is 1. The maximum atomic E-state index is 13.3. The number of carbonyl (C=O) groups excluding carboxylic acids is 1. The van der Waals surface area contributed by atoms with Crippen LogP contribution < -0.4 is 19.5 Å². The number of carbonyl (C=O) groups is 1. The minimum Gasteiger partial charge on any atom is -0.497 e. The fraction of sp³-hybridized carbons (Fsp3) is 0.280. The van der Waals surface area contributed by atoms with Crippen LogP contribution in [0.15, 0.2) is 59.2 Å². The summed E-state index contributed by atoms with van der Waals surface area (Å²) in [5, 5.41) is 12.9. The molecule has 10 heteroatoms. The van der Waals surface area contributed by atoms with E-state index in [4.69, 9.17) is 18.9 Å². The fourth-order valence-electron chi connectivity index (χ4n) is 3.06. The molecule has 1 aromatic heterocycles. The lowest BCUT2D eigenvalue weighted by Crippen LogP contribution is -2.28. The summed E-state index contributed by atoms with van der Waals surface area (Å²) in [5.74, 6) is 0.687. The summed E-state index contributed by atoms with van der Waals surface area (Å²) in [6.45, 7) is 1.00. The van der Waals surface area contributed by atoms with Crippen LogP contribution in [0.25, 0.3) is 0 Å². The smallest absolute Gasteiger partial charge is 0.251 e. The minimum atomic E-state index is -1.10. The zero-order valence-electron chi connectivity index (χ0n) is 19.3. The van der Waals surface area contributed by atoms with Crippen LogP contribution in [0.5, 0.6) is 17.2 Å². The summed E-state index contributed by atoms with van der Waals surface area (Å²) < 4.78 is 35.1. The van der Waals surface area contributed by atoms with E-state index in [0.717, 1.165) is 11.3 Å². The third-order valence-corrected chi connectivity index (χ3v) is 5.52. The van der Waals surface area contributed by atoms with Crippen LogP contribution in [-0.2, 0) is 11.3 Å². The second kappa shape index (κ2) is 13.0. The molecule has 2 aromatic carbocycles. The Morgan fingerprint density at radius 1 is 1.06 bits per heavy atom. The summed E-state index contributed by atoms with van der Waals surface area (Å²) in [6.07, 6.45) is -1.10. The number of rotatable bonds is 12. The Labute approximate surface area is 211 Å². The molecule has 35 heavy (non-hydrogen) atoms.